The number of carbonyl (C=O) groups is 1. The number of amides is 1. The number of rotatable bonds is 7. The maximum Gasteiger partial charge on any atom is 0.261 e. The summed E-state index contributed by atoms with van der Waals surface area (Å²) in [5.41, 5.74) is 1.92. The SMILES string of the molecule is Cc1c(NS(C)(=O)=O)cccc1C(=O)Nc1ccc(S(=O)(=O)Nc2cccc3ccccc23)cc1. The molecule has 8 nitrogen and oxygen atoms in total. The van der Waals surface area contributed by atoms with Crippen LogP contribution in [0.3, 0.4) is 0 Å². The van der Waals surface area contributed by atoms with Gasteiger partial charge in [0.25, 0.3) is 15.9 Å². The first kappa shape index (κ1) is 24.2. The van der Waals surface area contributed by atoms with Crippen molar-refractivity contribution < 1.29 is 21.6 Å². The van der Waals surface area contributed by atoms with Crippen molar-refractivity contribution in [3.63, 3.8) is 0 Å². The quantitative estimate of drug-likeness (QED) is 0.337. The third-order valence-corrected chi connectivity index (χ3v) is 7.30. The summed E-state index contributed by atoms with van der Waals surface area (Å²) in [6, 6.07) is 23.3. The minimum Gasteiger partial charge on any atom is -0.322 e. The number of carbonyl (C=O) groups excluding carboxylic acids is 1. The van der Waals surface area contributed by atoms with Gasteiger partial charge in [0.05, 0.1) is 22.5 Å². The highest BCUT2D eigenvalue weighted by Crippen LogP contribution is 2.26. The Bertz CT molecular complexity index is 1630. The van der Waals surface area contributed by atoms with Crippen LogP contribution in [0.15, 0.2) is 89.8 Å². The van der Waals surface area contributed by atoms with Crippen molar-refractivity contribution in [3.8, 4) is 0 Å². The second-order valence-electron chi connectivity index (χ2n) is 7.96. The molecule has 0 unspecified atom stereocenters. The Morgan fingerprint density at radius 3 is 2.06 bits per heavy atom. The molecule has 0 aliphatic carbocycles. The summed E-state index contributed by atoms with van der Waals surface area (Å²) in [5.74, 6) is -0.455. The fourth-order valence-corrected chi connectivity index (χ4v) is 5.33. The molecule has 0 spiro atoms. The molecule has 0 fully saturated rings. The highest BCUT2D eigenvalue weighted by atomic mass is 32.2. The molecule has 4 aromatic rings. The van der Waals surface area contributed by atoms with Crippen molar-refractivity contribution in [2.45, 2.75) is 11.8 Å². The van der Waals surface area contributed by atoms with Gasteiger partial charge in [0.1, 0.15) is 0 Å². The smallest absolute Gasteiger partial charge is 0.261 e. The van der Waals surface area contributed by atoms with Crippen LogP contribution in [0.5, 0.6) is 0 Å². The van der Waals surface area contributed by atoms with E-state index in [4.69, 9.17) is 0 Å². The number of anilines is 3. The number of nitrogens with one attached hydrogen (secondary N) is 3. The largest absolute Gasteiger partial charge is 0.322 e. The molecule has 0 aliphatic heterocycles. The van der Waals surface area contributed by atoms with E-state index in [1.165, 1.54) is 24.3 Å². The Balaban J connectivity index is 1.52. The molecule has 180 valence electrons. The van der Waals surface area contributed by atoms with Crippen molar-refractivity contribution in [3.05, 3.63) is 96.1 Å². The van der Waals surface area contributed by atoms with Crippen molar-refractivity contribution in [2.24, 2.45) is 0 Å². The lowest BCUT2D eigenvalue weighted by molar-refractivity contribution is 0.102. The van der Waals surface area contributed by atoms with Crippen LogP contribution >= 0.6 is 0 Å². The minimum atomic E-state index is -3.86. The topological polar surface area (TPSA) is 121 Å². The maximum atomic E-state index is 12.9. The molecule has 3 N–H and O–H groups in total. The van der Waals surface area contributed by atoms with E-state index in [1.54, 1.807) is 37.3 Å². The van der Waals surface area contributed by atoms with Gasteiger partial charge in [0.2, 0.25) is 10.0 Å². The first-order chi connectivity index (χ1) is 16.5. The number of benzene rings is 4. The summed E-state index contributed by atoms with van der Waals surface area (Å²) in [6.07, 6.45) is 1.03. The molecule has 0 radical (unpaired) electrons. The zero-order chi connectivity index (χ0) is 25.2. The van der Waals surface area contributed by atoms with Gasteiger partial charge in [-0.05, 0) is 60.3 Å². The van der Waals surface area contributed by atoms with E-state index in [0.29, 0.717) is 22.6 Å². The third-order valence-electron chi connectivity index (χ3n) is 5.33. The molecule has 0 aliphatic rings. The molecule has 0 saturated heterocycles. The molecule has 1 amide bonds. The molecule has 0 bridgehead atoms. The number of hydrogen-bond donors (Lipinski definition) is 3. The van der Waals surface area contributed by atoms with E-state index in [9.17, 15) is 21.6 Å². The number of fused-ring (bicyclic) bond motifs is 1. The summed E-state index contributed by atoms with van der Waals surface area (Å²) in [5, 5.41) is 4.41. The van der Waals surface area contributed by atoms with E-state index in [0.717, 1.165) is 17.0 Å². The average Bonchev–Trinajstić information content (AvgIpc) is 2.80. The van der Waals surface area contributed by atoms with Crippen LogP contribution in [0.25, 0.3) is 10.8 Å². The Hall–Kier alpha value is -3.89. The summed E-state index contributed by atoms with van der Waals surface area (Å²) >= 11 is 0. The lowest BCUT2D eigenvalue weighted by Crippen LogP contribution is -2.16. The second kappa shape index (κ2) is 9.40. The van der Waals surface area contributed by atoms with Gasteiger partial charge in [0, 0.05) is 16.6 Å². The normalized spacial score (nSPS) is 11.7. The van der Waals surface area contributed by atoms with Crippen LogP contribution < -0.4 is 14.8 Å². The highest BCUT2D eigenvalue weighted by Gasteiger charge is 2.17. The van der Waals surface area contributed by atoms with Crippen LogP contribution in [-0.4, -0.2) is 29.0 Å². The van der Waals surface area contributed by atoms with Gasteiger partial charge < -0.3 is 5.32 Å². The zero-order valence-electron chi connectivity index (χ0n) is 18.9. The maximum absolute atomic E-state index is 12.9. The standard InChI is InChI=1S/C25H23N3O5S2/c1-17-21(10-6-11-23(17)27-34(2,30)31)25(29)26-19-13-15-20(16-14-19)35(32,33)28-24-12-5-8-18-7-3-4-9-22(18)24/h3-16,27-28H,1-2H3,(H,26,29). The molecule has 0 aromatic heterocycles. The lowest BCUT2D eigenvalue weighted by atomic mass is 10.1. The van der Waals surface area contributed by atoms with Gasteiger partial charge in [-0.25, -0.2) is 16.8 Å². The molecule has 0 atom stereocenters. The first-order valence-corrected chi connectivity index (χ1v) is 13.9. The lowest BCUT2D eigenvalue weighted by Gasteiger charge is -2.13. The summed E-state index contributed by atoms with van der Waals surface area (Å²) in [7, 11) is -7.36. The van der Waals surface area contributed by atoms with E-state index in [2.05, 4.69) is 14.8 Å². The molecular formula is C25H23N3O5S2. The van der Waals surface area contributed by atoms with Gasteiger partial charge in [-0.15, -0.1) is 0 Å². The van der Waals surface area contributed by atoms with Crippen LogP contribution in [-0.2, 0) is 20.0 Å². The number of hydrogen-bond acceptors (Lipinski definition) is 5. The van der Waals surface area contributed by atoms with E-state index < -0.39 is 26.0 Å². The monoisotopic (exact) mass is 509 g/mol. The fraction of sp³-hybridized carbons (Fsp3) is 0.0800. The molecule has 0 saturated carbocycles. The molecule has 35 heavy (non-hydrogen) atoms. The van der Waals surface area contributed by atoms with E-state index >= 15 is 0 Å². The van der Waals surface area contributed by atoms with Gasteiger partial charge in [-0.2, -0.15) is 0 Å². The summed E-state index contributed by atoms with van der Waals surface area (Å²) in [4.78, 5) is 12.8. The summed E-state index contributed by atoms with van der Waals surface area (Å²) in [6.45, 7) is 1.64. The highest BCUT2D eigenvalue weighted by molar-refractivity contribution is 7.92. The van der Waals surface area contributed by atoms with Gasteiger partial charge in [-0.1, -0.05) is 42.5 Å². The van der Waals surface area contributed by atoms with Crippen LogP contribution in [0.2, 0.25) is 0 Å². The molecule has 0 heterocycles. The average molecular weight is 510 g/mol. The van der Waals surface area contributed by atoms with Crippen molar-refractivity contribution in [2.75, 3.05) is 21.0 Å². The van der Waals surface area contributed by atoms with Crippen LogP contribution in [0.4, 0.5) is 17.1 Å². The van der Waals surface area contributed by atoms with Crippen molar-refractivity contribution >= 4 is 53.8 Å². The van der Waals surface area contributed by atoms with Crippen molar-refractivity contribution in [1.29, 1.82) is 0 Å². The summed E-state index contributed by atoms with van der Waals surface area (Å²) < 4.78 is 54.0. The zero-order valence-corrected chi connectivity index (χ0v) is 20.6. The second-order valence-corrected chi connectivity index (χ2v) is 11.4. The fourth-order valence-electron chi connectivity index (χ4n) is 3.63. The van der Waals surface area contributed by atoms with Crippen LogP contribution in [0, 0.1) is 6.92 Å². The first-order valence-electron chi connectivity index (χ1n) is 10.5. The van der Waals surface area contributed by atoms with Gasteiger partial charge in [-0.3, -0.25) is 14.2 Å². The van der Waals surface area contributed by atoms with Gasteiger partial charge in [0.15, 0.2) is 0 Å². The Morgan fingerprint density at radius 2 is 1.34 bits per heavy atom. The molecular weight excluding hydrogens is 486 g/mol. The Labute approximate surface area is 204 Å². The minimum absolute atomic E-state index is 0.0407. The van der Waals surface area contributed by atoms with E-state index in [1.807, 2.05) is 30.3 Å². The molecule has 10 heteroatoms. The Kier molecular flexibility index (Phi) is 6.51. The predicted octanol–water partition coefficient (Wildman–Crippen LogP) is 4.57. The van der Waals surface area contributed by atoms with Crippen LogP contribution in [0.1, 0.15) is 15.9 Å². The number of sulfonamides is 2. The van der Waals surface area contributed by atoms with Crippen molar-refractivity contribution in [1.82, 2.24) is 0 Å². The Morgan fingerprint density at radius 1 is 0.714 bits per heavy atom. The van der Waals surface area contributed by atoms with E-state index in [-0.39, 0.29) is 10.5 Å². The predicted molar refractivity (Wildman–Crippen MR) is 139 cm³/mol. The molecule has 4 rings (SSSR count). The third kappa shape index (κ3) is 5.61. The van der Waals surface area contributed by atoms with Gasteiger partial charge >= 0.3 is 0 Å². The molecule has 4 aromatic carbocycles.